The van der Waals surface area contributed by atoms with Gasteiger partial charge in [0, 0.05) is 0 Å². The maximum atomic E-state index is 10.3. The lowest BCUT2D eigenvalue weighted by molar-refractivity contribution is -0.0272. The Hall–Kier alpha value is -0.0800. The molecule has 0 aromatic carbocycles. The zero-order chi connectivity index (χ0) is 18.0. The Labute approximate surface area is 156 Å². The Morgan fingerprint density at radius 3 is 2.48 bits per heavy atom. The average Bonchev–Trinajstić information content (AvgIpc) is 2.93. The van der Waals surface area contributed by atoms with Crippen LogP contribution in [-0.4, -0.2) is 17.8 Å². The van der Waals surface area contributed by atoms with E-state index in [9.17, 15) is 5.11 Å². The number of nitrogens with two attached hydrogens (primary N) is 1. The molecule has 0 aromatic heterocycles. The number of fused-ring (bicyclic) bond motifs is 3. The van der Waals surface area contributed by atoms with Crippen molar-refractivity contribution in [3.05, 3.63) is 0 Å². The third-order valence-electron chi connectivity index (χ3n) is 8.98. The number of hydrogen-bond donors (Lipinski definition) is 2. The van der Waals surface area contributed by atoms with Gasteiger partial charge in [-0.1, -0.05) is 27.2 Å². The molecule has 8 atom stereocenters. The van der Waals surface area contributed by atoms with Crippen molar-refractivity contribution in [1.29, 1.82) is 0 Å². The second kappa shape index (κ2) is 8.30. The summed E-state index contributed by atoms with van der Waals surface area (Å²) in [6, 6.07) is 0. The minimum Gasteiger partial charge on any atom is -0.393 e. The number of aliphatic hydroxyl groups excluding tert-OH is 1. The van der Waals surface area contributed by atoms with Crippen LogP contribution in [-0.2, 0) is 0 Å². The van der Waals surface area contributed by atoms with E-state index in [2.05, 4.69) is 20.8 Å². The van der Waals surface area contributed by atoms with Gasteiger partial charge in [0.25, 0.3) is 0 Å². The van der Waals surface area contributed by atoms with Gasteiger partial charge in [0.05, 0.1) is 6.10 Å². The van der Waals surface area contributed by atoms with E-state index in [0.29, 0.717) is 5.41 Å². The van der Waals surface area contributed by atoms with Crippen LogP contribution in [0.15, 0.2) is 0 Å². The van der Waals surface area contributed by atoms with E-state index in [1.165, 1.54) is 57.8 Å². The summed E-state index contributed by atoms with van der Waals surface area (Å²) < 4.78 is 0. The minimum atomic E-state index is -0.0534. The van der Waals surface area contributed by atoms with Crippen LogP contribution in [0.25, 0.3) is 0 Å². The summed E-state index contributed by atoms with van der Waals surface area (Å²) in [5.41, 5.74) is 6.52. The maximum absolute atomic E-state index is 10.3. The maximum Gasteiger partial charge on any atom is 0.0540 e. The van der Waals surface area contributed by atoms with Crippen LogP contribution in [0.1, 0.15) is 91.4 Å². The van der Waals surface area contributed by atoms with Crippen molar-refractivity contribution in [2.45, 2.75) is 97.5 Å². The Kier molecular flexibility index (Phi) is 6.53. The Balaban J connectivity index is 1.83. The van der Waals surface area contributed by atoms with Crippen molar-refractivity contribution in [1.82, 2.24) is 0 Å². The number of hydrogen-bond acceptors (Lipinski definition) is 2. The molecule has 0 aliphatic heterocycles. The zero-order valence-electron chi connectivity index (χ0n) is 17.1. The lowest BCUT2D eigenvalue weighted by atomic mass is 9.53. The third kappa shape index (κ3) is 3.95. The van der Waals surface area contributed by atoms with Gasteiger partial charge in [-0.15, -0.1) is 0 Å². The second-order valence-electron chi connectivity index (χ2n) is 10.1. The van der Waals surface area contributed by atoms with Crippen LogP contribution in [0.5, 0.6) is 0 Å². The topological polar surface area (TPSA) is 46.2 Å². The molecule has 25 heavy (non-hydrogen) atoms. The smallest absolute Gasteiger partial charge is 0.0540 e. The lowest BCUT2D eigenvalue weighted by Crippen LogP contribution is -2.44. The molecule has 3 saturated carbocycles. The van der Waals surface area contributed by atoms with Gasteiger partial charge >= 0.3 is 0 Å². The lowest BCUT2D eigenvalue weighted by Gasteiger charge is -2.51. The van der Waals surface area contributed by atoms with Gasteiger partial charge in [0.15, 0.2) is 0 Å². The third-order valence-corrected chi connectivity index (χ3v) is 8.98. The zero-order valence-corrected chi connectivity index (χ0v) is 17.1. The number of rotatable bonds is 3. The van der Waals surface area contributed by atoms with Gasteiger partial charge in [-0.2, -0.15) is 0 Å². The largest absolute Gasteiger partial charge is 0.393 e. The molecule has 0 aromatic rings. The van der Waals surface area contributed by atoms with Crippen molar-refractivity contribution in [2.24, 2.45) is 46.7 Å². The van der Waals surface area contributed by atoms with E-state index in [1.54, 1.807) is 0 Å². The summed E-state index contributed by atoms with van der Waals surface area (Å²) in [7, 11) is 0. The highest BCUT2D eigenvalue weighted by Gasteiger charge is 2.54. The first-order valence-electron chi connectivity index (χ1n) is 11.4. The monoisotopic (exact) mass is 349 g/mol. The van der Waals surface area contributed by atoms with Crippen LogP contribution < -0.4 is 5.73 Å². The van der Waals surface area contributed by atoms with Crippen molar-refractivity contribution >= 4 is 0 Å². The van der Waals surface area contributed by atoms with Crippen LogP contribution in [0.3, 0.4) is 0 Å². The van der Waals surface area contributed by atoms with Gasteiger partial charge in [-0.05, 0) is 112 Å². The fraction of sp³-hybridized carbons (Fsp3) is 1.00. The molecule has 0 bridgehead atoms. The van der Waals surface area contributed by atoms with E-state index in [0.717, 1.165) is 54.9 Å². The van der Waals surface area contributed by atoms with Crippen molar-refractivity contribution in [2.75, 3.05) is 6.54 Å². The predicted molar refractivity (Wildman–Crippen MR) is 106 cm³/mol. The second-order valence-corrected chi connectivity index (χ2v) is 10.1. The Morgan fingerprint density at radius 2 is 1.76 bits per heavy atom. The molecule has 2 heteroatoms. The first-order chi connectivity index (χ1) is 12.0. The molecule has 0 saturated heterocycles. The van der Waals surface area contributed by atoms with Gasteiger partial charge < -0.3 is 10.8 Å². The molecule has 2 nitrogen and oxygen atoms in total. The highest BCUT2D eigenvalue weighted by Crippen LogP contribution is 2.62. The SMILES string of the molecule is CC[C@@H]1CC[C@H](O)CCC(C)[C@H]2CCC3(C)C(CC[C@@H]3CCN)C2C1. The molecule has 3 fully saturated rings. The Bertz CT molecular complexity index is 424. The molecule has 0 spiro atoms. The molecule has 0 amide bonds. The summed E-state index contributed by atoms with van der Waals surface area (Å²) in [6.45, 7) is 8.35. The quantitative estimate of drug-likeness (QED) is 0.718. The molecule has 3 aliphatic carbocycles. The summed E-state index contributed by atoms with van der Waals surface area (Å²) in [4.78, 5) is 0. The van der Waals surface area contributed by atoms with Crippen molar-refractivity contribution in [3.8, 4) is 0 Å². The van der Waals surface area contributed by atoms with E-state index in [-0.39, 0.29) is 6.10 Å². The molecular formula is C23H43NO. The molecule has 0 heterocycles. The highest BCUT2D eigenvalue weighted by molar-refractivity contribution is 5.03. The van der Waals surface area contributed by atoms with E-state index in [4.69, 9.17) is 5.73 Å². The van der Waals surface area contributed by atoms with Gasteiger partial charge in [-0.3, -0.25) is 0 Å². The fourth-order valence-electron chi connectivity index (χ4n) is 7.26. The van der Waals surface area contributed by atoms with Crippen molar-refractivity contribution < 1.29 is 5.11 Å². The van der Waals surface area contributed by atoms with Crippen LogP contribution in [0.2, 0.25) is 0 Å². The highest BCUT2D eigenvalue weighted by atomic mass is 16.3. The van der Waals surface area contributed by atoms with Crippen LogP contribution >= 0.6 is 0 Å². The summed E-state index contributed by atoms with van der Waals surface area (Å²) in [5, 5.41) is 10.3. The number of aliphatic hydroxyl groups is 1. The van der Waals surface area contributed by atoms with Gasteiger partial charge in [0.1, 0.15) is 0 Å². The molecule has 3 rings (SSSR count). The van der Waals surface area contributed by atoms with E-state index < -0.39 is 0 Å². The van der Waals surface area contributed by atoms with E-state index >= 15 is 0 Å². The fourth-order valence-corrected chi connectivity index (χ4v) is 7.26. The molecule has 146 valence electrons. The first kappa shape index (κ1) is 19.7. The van der Waals surface area contributed by atoms with Crippen LogP contribution in [0.4, 0.5) is 0 Å². The van der Waals surface area contributed by atoms with Gasteiger partial charge in [0.2, 0.25) is 0 Å². The molecular weight excluding hydrogens is 306 g/mol. The molecule has 3 aliphatic rings. The van der Waals surface area contributed by atoms with E-state index in [1.807, 2.05) is 0 Å². The summed E-state index contributed by atoms with van der Waals surface area (Å²) in [6.07, 6.45) is 14.1. The normalized spacial score (nSPS) is 48.6. The van der Waals surface area contributed by atoms with Gasteiger partial charge in [-0.25, -0.2) is 0 Å². The summed E-state index contributed by atoms with van der Waals surface area (Å²) >= 11 is 0. The van der Waals surface area contributed by atoms with Crippen LogP contribution in [0, 0.1) is 40.9 Å². The van der Waals surface area contributed by atoms with Crippen molar-refractivity contribution in [3.63, 3.8) is 0 Å². The minimum absolute atomic E-state index is 0.0534. The standard InChI is InChI=1S/C23H43NO/c1-4-17-6-9-19(25)8-5-16(2)20-11-13-23(3)18(12-14-24)7-10-22(23)21(20)15-17/h16-22,25H,4-15,24H2,1-3H3/t16?,17-,18-,19-,20-,21?,22?,23?/m1/s1. The summed E-state index contributed by atoms with van der Waals surface area (Å²) in [5.74, 6) is 5.24. The molecule has 0 radical (unpaired) electrons. The first-order valence-corrected chi connectivity index (χ1v) is 11.4. The Morgan fingerprint density at radius 1 is 1.00 bits per heavy atom. The average molecular weight is 350 g/mol. The predicted octanol–water partition coefficient (Wildman–Crippen LogP) is 5.38. The molecule has 4 unspecified atom stereocenters. The molecule has 3 N–H and O–H groups in total.